The molecule has 0 unspecified atom stereocenters. The van der Waals surface area contributed by atoms with Crippen molar-refractivity contribution >= 4 is 60.0 Å². The van der Waals surface area contributed by atoms with Gasteiger partial charge in [0.2, 0.25) is 0 Å². The van der Waals surface area contributed by atoms with E-state index in [9.17, 15) is 36.5 Å². The van der Waals surface area contributed by atoms with Crippen molar-refractivity contribution in [2.24, 2.45) is 0 Å². The van der Waals surface area contributed by atoms with Crippen molar-refractivity contribution in [3.05, 3.63) is 176 Å². The summed E-state index contributed by atoms with van der Waals surface area (Å²) in [5.74, 6) is 10.4. The number of sulfonamides is 2. The monoisotopic (exact) mass is 968 g/mol. The van der Waals surface area contributed by atoms with Crippen LogP contribution in [0.5, 0.6) is 11.5 Å². The average Bonchev–Trinajstić information content (AvgIpc) is 3.33. The molecule has 350 valence electrons. The molecule has 7 aromatic rings. The summed E-state index contributed by atoms with van der Waals surface area (Å²) in [5.41, 5.74) is 3.38. The molecule has 69 heavy (non-hydrogen) atoms. The number of aryl methyl sites for hydroxylation is 1. The highest BCUT2D eigenvalue weighted by Crippen LogP contribution is 2.31. The summed E-state index contributed by atoms with van der Waals surface area (Å²) < 4.78 is 73.3. The second-order valence-electron chi connectivity index (χ2n) is 14.5. The van der Waals surface area contributed by atoms with Crippen LogP contribution in [0.4, 0.5) is 17.1 Å². The Morgan fingerprint density at radius 1 is 0.667 bits per heavy atom. The van der Waals surface area contributed by atoms with Gasteiger partial charge in [-0.05, 0) is 86.0 Å². The fraction of sp³-hybridized carbons (Fsp3) is 0.122. The Hall–Kier alpha value is -8.85. The molecule has 18 nitrogen and oxygen atoms in total. The molecule has 4 aromatic carbocycles. The largest absolute Gasteiger partial charge is 0.496 e. The molecule has 0 saturated carbocycles. The Morgan fingerprint density at radius 2 is 1.35 bits per heavy atom. The van der Waals surface area contributed by atoms with Crippen LogP contribution in [0.25, 0.3) is 10.9 Å². The Bertz CT molecular complexity index is 3530. The standard InChI is InChI=1S/C25H18N4O6S.C24H22N2O6S/c1-16-5-8-18-4-3-13-26-23(18)24(16)36(33,34)28-21-12-10-20(29(31)32)14-19(21)9-6-17-7-11-22(27-15-17)25(30)35-2;1-15-16(2)23(12-11-21(15)31-3)33(29,30)26-19-8-6-5-7-17(19)9-10-18-14-25-20(24(27)28)13-22(18)32-4/h3-5,7-8,10-15,28H,1-2H3;5-8,11-14,26H,1-4H3,(H,27,28). The first-order valence-electron chi connectivity index (χ1n) is 20.1. The summed E-state index contributed by atoms with van der Waals surface area (Å²) >= 11 is 0. The Labute approximate surface area is 396 Å². The lowest BCUT2D eigenvalue weighted by molar-refractivity contribution is -0.384. The highest BCUT2D eigenvalue weighted by atomic mass is 32.2. The second-order valence-corrected chi connectivity index (χ2v) is 17.8. The number of para-hydroxylation sites is 1. The molecule has 0 fully saturated rings. The van der Waals surface area contributed by atoms with Crippen molar-refractivity contribution in [1.82, 2.24) is 15.0 Å². The van der Waals surface area contributed by atoms with Crippen LogP contribution in [0.1, 0.15) is 59.9 Å². The van der Waals surface area contributed by atoms with Crippen LogP contribution < -0.4 is 18.9 Å². The maximum absolute atomic E-state index is 13.4. The maximum Gasteiger partial charge on any atom is 0.356 e. The normalized spacial score (nSPS) is 10.8. The molecular formula is C49H40N6O12S2. The van der Waals surface area contributed by atoms with E-state index in [0.29, 0.717) is 50.2 Å². The summed E-state index contributed by atoms with van der Waals surface area (Å²) in [7, 11) is -3.88. The molecule has 0 amide bonds. The van der Waals surface area contributed by atoms with Crippen LogP contribution in [0.3, 0.4) is 0 Å². The Morgan fingerprint density at radius 3 is 2.03 bits per heavy atom. The number of hydrogen-bond acceptors (Lipinski definition) is 14. The van der Waals surface area contributed by atoms with E-state index in [2.05, 4.69) is 52.8 Å². The van der Waals surface area contributed by atoms with Crippen molar-refractivity contribution in [3.63, 3.8) is 0 Å². The van der Waals surface area contributed by atoms with Crippen molar-refractivity contribution < 1.29 is 50.7 Å². The van der Waals surface area contributed by atoms with Gasteiger partial charge in [0.25, 0.3) is 25.7 Å². The molecule has 20 heteroatoms. The number of nitro benzene ring substituents is 1. The number of ether oxygens (including phenoxy) is 3. The zero-order valence-electron chi connectivity index (χ0n) is 37.5. The number of carbonyl (C=O) groups is 2. The van der Waals surface area contributed by atoms with E-state index in [1.165, 1.54) is 82.4 Å². The summed E-state index contributed by atoms with van der Waals surface area (Å²) in [4.78, 5) is 45.6. The molecule has 0 aliphatic carbocycles. The number of non-ortho nitro benzene ring substituents is 1. The number of rotatable bonds is 11. The smallest absolute Gasteiger partial charge is 0.356 e. The number of carboxylic acids is 1. The summed E-state index contributed by atoms with van der Waals surface area (Å²) in [6.45, 7) is 5.17. The lowest BCUT2D eigenvalue weighted by Crippen LogP contribution is -2.16. The number of nitrogens with zero attached hydrogens (tertiary/aromatic N) is 4. The lowest BCUT2D eigenvalue weighted by atomic mass is 10.1. The van der Waals surface area contributed by atoms with E-state index >= 15 is 0 Å². The van der Waals surface area contributed by atoms with Crippen molar-refractivity contribution in [3.8, 4) is 35.2 Å². The Kier molecular flexibility index (Phi) is 15.2. The van der Waals surface area contributed by atoms with Crippen LogP contribution in [-0.2, 0) is 24.8 Å². The maximum atomic E-state index is 13.4. The second kappa shape index (κ2) is 21.2. The molecule has 3 aromatic heterocycles. The number of aromatic carboxylic acids is 1. The van der Waals surface area contributed by atoms with Crippen LogP contribution in [0.2, 0.25) is 0 Å². The zero-order chi connectivity index (χ0) is 50.0. The zero-order valence-corrected chi connectivity index (χ0v) is 39.1. The van der Waals surface area contributed by atoms with Gasteiger partial charge in [0.15, 0.2) is 5.69 Å². The Balaban J connectivity index is 0.000000228. The van der Waals surface area contributed by atoms with E-state index in [0.717, 1.165) is 5.56 Å². The molecule has 0 bridgehead atoms. The highest BCUT2D eigenvalue weighted by molar-refractivity contribution is 7.93. The molecule has 0 saturated heterocycles. The van der Waals surface area contributed by atoms with Crippen LogP contribution >= 0.6 is 0 Å². The first-order chi connectivity index (χ1) is 32.9. The third-order valence-electron chi connectivity index (χ3n) is 10.2. The molecule has 0 spiro atoms. The van der Waals surface area contributed by atoms with Crippen LogP contribution in [-0.4, -0.2) is 75.1 Å². The van der Waals surface area contributed by atoms with Crippen molar-refractivity contribution in [2.75, 3.05) is 30.8 Å². The van der Waals surface area contributed by atoms with Crippen LogP contribution in [0, 0.1) is 54.6 Å². The van der Waals surface area contributed by atoms with Crippen molar-refractivity contribution in [2.45, 2.75) is 30.6 Å². The summed E-state index contributed by atoms with van der Waals surface area (Å²) in [6.07, 6.45) is 4.14. The highest BCUT2D eigenvalue weighted by Gasteiger charge is 2.24. The molecule has 0 atom stereocenters. The molecule has 0 radical (unpaired) electrons. The quantitative estimate of drug-likeness (QED) is 0.0492. The molecule has 7 rings (SSSR count). The number of nitro groups is 1. The molecule has 3 heterocycles. The minimum Gasteiger partial charge on any atom is -0.496 e. The van der Waals surface area contributed by atoms with E-state index < -0.39 is 36.9 Å². The van der Waals surface area contributed by atoms with Gasteiger partial charge in [0.05, 0.1) is 59.2 Å². The number of aromatic nitrogens is 3. The summed E-state index contributed by atoms with van der Waals surface area (Å²) in [5, 5.41) is 21.1. The van der Waals surface area contributed by atoms with Gasteiger partial charge in [-0.1, -0.05) is 54.0 Å². The predicted octanol–water partition coefficient (Wildman–Crippen LogP) is 7.45. The number of nitrogens with one attached hydrogen (secondary N) is 2. The number of fused-ring (bicyclic) bond motifs is 1. The van der Waals surface area contributed by atoms with E-state index in [4.69, 9.17) is 14.6 Å². The number of carboxylic acid groups (broad SMARTS) is 1. The van der Waals surface area contributed by atoms with Gasteiger partial charge < -0.3 is 19.3 Å². The molecule has 0 aliphatic heterocycles. The number of benzene rings is 4. The van der Waals surface area contributed by atoms with Crippen LogP contribution in [0.15, 0.2) is 125 Å². The van der Waals surface area contributed by atoms with Gasteiger partial charge in [-0.2, -0.15) is 0 Å². The minimum absolute atomic E-state index is 0.000427. The fourth-order valence-electron chi connectivity index (χ4n) is 6.54. The average molecular weight is 969 g/mol. The van der Waals surface area contributed by atoms with Crippen molar-refractivity contribution in [1.29, 1.82) is 0 Å². The number of carbonyl (C=O) groups excluding carboxylic acids is 1. The number of hydrogen-bond donors (Lipinski definition) is 3. The lowest BCUT2D eigenvalue weighted by Gasteiger charge is -2.15. The summed E-state index contributed by atoms with van der Waals surface area (Å²) in [6, 6.07) is 24.6. The number of methoxy groups -OCH3 is 3. The first-order valence-corrected chi connectivity index (χ1v) is 23.1. The van der Waals surface area contributed by atoms with Gasteiger partial charge in [0.1, 0.15) is 22.1 Å². The molecule has 0 aliphatic rings. The third-order valence-corrected chi connectivity index (χ3v) is 13.2. The number of esters is 1. The van der Waals surface area contributed by atoms with Gasteiger partial charge in [-0.3, -0.25) is 24.5 Å². The van der Waals surface area contributed by atoms with Gasteiger partial charge in [-0.25, -0.2) is 36.4 Å². The topological polar surface area (TPSA) is 256 Å². The molecular weight excluding hydrogens is 929 g/mol. The van der Waals surface area contributed by atoms with Gasteiger partial charge >= 0.3 is 11.9 Å². The number of anilines is 2. The third kappa shape index (κ3) is 11.6. The predicted molar refractivity (Wildman–Crippen MR) is 255 cm³/mol. The molecule has 3 N–H and O–H groups in total. The van der Waals surface area contributed by atoms with E-state index in [-0.39, 0.29) is 43.9 Å². The van der Waals surface area contributed by atoms with Gasteiger partial charge in [0, 0.05) is 53.3 Å². The SMILES string of the molecule is COC(=O)c1ccc(C#Cc2cc([N+](=O)[O-])ccc2NS(=O)(=O)c2c(C)ccc3cccnc23)cn1.COc1cc(C(=O)O)ncc1C#Cc1ccccc1NS(=O)(=O)c1ccc(OC)c(C)c1C. The van der Waals surface area contributed by atoms with E-state index in [1.54, 1.807) is 75.4 Å². The number of pyridine rings is 3. The first kappa shape index (κ1) is 49.6. The van der Waals surface area contributed by atoms with Gasteiger partial charge in [-0.15, -0.1) is 0 Å². The minimum atomic E-state index is -4.14. The fourth-order valence-corrected chi connectivity index (χ4v) is 9.41. The van der Waals surface area contributed by atoms with E-state index in [1.807, 2.05) is 0 Å².